The van der Waals surface area contributed by atoms with Crippen LogP contribution in [0.15, 0.2) is 23.1 Å². The fourth-order valence-corrected chi connectivity index (χ4v) is 3.90. The molecule has 0 amide bonds. The minimum atomic E-state index is -1.55. The van der Waals surface area contributed by atoms with Gasteiger partial charge in [0.15, 0.2) is 0 Å². The van der Waals surface area contributed by atoms with Crippen molar-refractivity contribution in [1.29, 1.82) is 0 Å². The predicted octanol–water partition coefficient (Wildman–Crippen LogP) is 3.24. The number of hydrogen-bond donors (Lipinski definition) is 1. The number of hydrogen-bond acceptors (Lipinski definition) is 2. The first kappa shape index (κ1) is 16.2. The van der Waals surface area contributed by atoms with Crippen molar-refractivity contribution in [2.24, 2.45) is 0 Å². The molecule has 0 saturated heterocycles. The van der Waals surface area contributed by atoms with E-state index in [2.05, 4.69) is 5.32 Å². The third-order valence-corrected chi connectivity index (χ3v) is 5.16. The predicted molar refractivity (Wildman–Crippen MR) is 74.6 cm³/mol. The Morgan fingerprint density at radius 1 is 1.32 bits per heavy atom. The molecule has 0 radical (unpaired) electrons. The Hall–Kier alpha value is -0.810. The molecular weight excluding hydrogens is 268 g/mol. The Morgan fingerprint density at radius 2 is 2.00 bits per heavy atom. The van der Waals surface area contributed by atoms with Crippen LogP contribution in [0.1, 0.15) is 33.1 Å². The minimum Gasteiger partial charge on any atom is -0.316 e. The maximum Gasteiger partial charge on any atom is 0.139 e. The zero-order valence-electron chi connectivity index (χ0n) is 11.6. The molecule has 1 N–H and O–H groups in total. The normalized spacial score (nSPS) is 16.1. The van der Waals surface area contributed by atoms with E-state index in [1.54, 1.807) is 0 Å². The van der Waals surface area contributed by atoms with Crippen LogP contribution in [0.2, 0.25) is 0 Å². The average molecular weight is 289 g/mol. The van der Waals surface area contributed by atoms with E-state index in [1.807, 2.05) is 20.9 Å². The van der Waals surface area contributed by atoms with Crippen molar-refractivity contribution in [1.82, 2.24) is 5.32 Å². The summed E-state index contributed by atoms with van der Waals surface area (Å²) in [5.41, 5.74) is 0. The van der Waals surface area contributed by atoms with Crippen LogP contribution in [0.5, 0.6) is 0 Å². The van der Waals surface area contributed by atoms with E-state index in [-0.39, 0.29) is 16.2 Å². The third-order valence-electron chi connectivity index (χ3n) is 3.21. The number of benzene rings is 1. The van der Waals surface area contributed by atoms with E-state index in [0.717, 1.165) is 31.0 Å². The molecule has 108 valence electrons. The second-order valence-corrected chi connectivity index (χ2v) is 6.14. The molecule has 0 aliphatic carbocycles. The monoisotopic (exact) mass is 289 g/mol. The molecule has 0 spiro atoms. The minimum absolute atomic E-state index is 0.0387. The molecule has 0 aliphatic rings. The van der Waals surface area contributed by atoms with E-state index < -0.39 is 22.4 Å². The number of rotatable bonds is 7. The highest BCUT2D eigenvalue weighted by atomic mass is 32.2. The fraction of sp³-hybridized carbons (Fsp3) is 0.571. The van der Waals surface area contributed by atoms with Crippen molar-refractivity contribution < 1.29 is 13.0 Å². The molecule has 1 aromatic carbocycles. The van der Waals surface area contributed by atoms with Crippen molar-refractivity contribution >= 4 is 10.8 Å². The lowest BCUT2D eigenvalue weighted by Crippen LogP contribution is -2.40. The van der Waals surface area contributed by atoms with Crippen LogP contribution in [0.4, 0.5) is 8.78 Å². The Labute approximate surface area is 116 Å². The first-order chi connectivity index (χ1) is 9.04. The standard InChI is InChI=1S/C14H21F2NOS/c1-4-6-12(17-3)13(5-2)19(18)14-9-10(15)7-8-11(14)16/h7-9,12-13,17H,4-6H2,1-3H3. The maximum absolute atomic E-state index is 13.7. The van der Waals surface area contributed by atoms with Gasteiger partial charge in [-0.25, -0.2) is 8.78 Å². The van der Waals surface area contributed by atoms with Gasteiger partial charge in [-0.15, -0.1) is 0 Å². The molecule has 0 heterocycles. The van der Waals surface area contributed by atoms with E-state index in [4.69, 9.17) is 0 Å². The summed E-state index contributed by atoms with van der Waals surface area (Å²) in [4.78, 5) is -0.0387. The summed E-state index contributed by atoms with van der Waals surface area (Å²) >= 11 is 0. The van der Waals surface area contributed by atoms with Gasteiger partial charge in [0.1, 0.15) is 11.6 Å². The lowest BCUT2D eigenvalue weighted by atomic mass is 10.1. The third kappa shape index (κ3) is 4.08. The second kappa shape index (κ2) is 7.70. The molecule has 19 heavy (non-hydrogen) atoms. The summed E-state index contributed by atoms with van der Waals surface area (Å²) in [7, 11) is 0.256. The molecular formula is C14H21F2NOS. The van der Waals surface area contributed by atoms with E-state index >= 15 is 0 Å². The van der Waals surface area contributed by atoms with Crippen LogP contribution in [0, 0.1) is 11.6 Å². The van der Waals surface area contributed by atoms with Gasteiger partial charge in [0.25, 0.3) is 0 Å². The Bertz CT molecular complexity index is 439. The number of nitrogens with one attached hydrogen (secondary N) is 1. The topological polar surface area (TPSA) is 29.1 Å². The highest BCUT2D eigenvalue weighted by Crippen LogP contribution is 2.22. The molecule has 0 aliphatic heterocycles. The van der Waals surface area contributed by atoms with Gasteiger partial charge in [-0.2, -0.15) is 0 Å². The summed E-state index contributed by atoms with van der Waals surface area (Å²) in [6, 6.07) is 3.15. The molecule has 0 bridgehead atoms. The van der Waals surface area contributed by atoms with Crippen LogP contribution in [0.25, 0.3) is 0 Å². The molecule has 5 heteroatoms. The van der Waals surface area contributed by atoms with Crippen molar-refractivity contribution in [3.8, 4) is 0 Å². The first-order valence-electron chi connectivity index (χ1n) is 6.58. The molecule has 3 unspecified atom stereocenters. The van der Waals surface area contributed by atoms with E-state index in [9.17, 15) is 13.0 Å². The van der Waals surface area contributed by atoms with Crippen molar-refractivity contribution in [2.45, 2.75) is 49.3 Å². The summed E-state index contributed by atoms with van der Waals surface area (Å²) in [6.45, 7) is 3.96. The summed E-state index contributed by atoms with van der Waals surface area (Å²) in [5, 5.41) is 2.91. The van der Waals surface area contributed by atoms with Gasteiger partial charge in [-0.3, -0.25) is 4.21 Å². The number of halogens is 2. The molecule has 3 atom stereocenters. The van der Waals surface area contributed by atoms with Crippen molar-refractivity contribution in [3.05, 3.63) is 29.8 Å². The summed E-state index contributed by atoms with van der Waals surface area (Å²) in [5.74, 6) is -1.17. The molecule has 0 saturated carbocycles. The van der Waals surface area contributed by atoms with E-state index in [1.165, 1.54) is 0 Å². The summed E-state index contributed by atoms with van der Waals surface area (Å²) in [6.07, 6.45) is 2.45. The van der Waals surface area contributed by atoms with Crippen molar-refractivity contribution in [3.63, 3.8) is 0 Å². The Balaban J connectivity index is 3.03. The van der Waals surface area contributed by atoms with Crippen LogP contribution < -0.4 is 5.32 Å². The molecule has 1 aromatic rings. The highest BCUT2D eigenvalue weighted by Gasteiger charge is 2.26. The lowest BCUT2D eigenvalue weighted by molar-refractivity contribution is 0.478. The fourth-order valence-electron chi connectivity index (χ4n) is 2.21. The van der Waals surface area contributed by atoms with Gasteiger partial charge < -0.3 is 5.32 Å². The highest BCUT2D eigenvalue weighted by molar-refractivity contribution is 7.85. The first-order valence-corrected chi connectivity index (χ1v) is 7.79. The van der Waals surface area contributed by atoms with Gasteiger partial charge in [-0.05, 0) is 38.1 Å². The van der Waals surface area contributed by atoms with Crippen LogP contribution in [-0.4, -0.2) is 22.5 Å². The van der Waals surface area contributed by atoms with Gasteiger partial charge >= 0.3 is 0 Å². The average Bonchev–Trinajstić information content (AvgIpc) is 2.41. The lowest BCUT2D eigenvalue weighted by Gasteiger charge is -2.25. The molecule has 2 nitrogen and oxygen atoms in total. The summed E-state index contributed by atoms with van der Waals surface area (Å²) < 4.78 is 39.4. The Kier molecular flexibility index (Phi) is 6.58. The largest absolute Gasteiger partial charge is 0.316 e. The van der Waals surface area contributed by atoms with Crippen LogP contribution in [0.3, 0.4) is 0 Å². The van der Waals surface area contributed by atoms with Crippen molar-refractivity contribution in [2.75, 3.05) is 7.05 Å². The maximum atomic E-state index is 13.7. The van der Waals surface area contributed by atoms with Crippen LogP contribution in [-0.2, 0) is 10.8 Å². The van der Waals surface area contributed by atoms with Gasteiger partial charge in [0.2, 0.25) is 0 Å². The van der Waals surface area contributed by atoms with Gasteiger partial charge in [-0.1, -0.05) is 20.3 Å². The van der Waals surface area contributed by atoms with Crippen LogP contribution >= 0.6 is 0 Å². The SMILES string of the molecule is CCCC(NC)C(CC)S(=O)c1cc(F)ccc1F. The zero-order valence-corrected chi connectivity index (χ0v) is 12.4. The van der Waals surface area contributed by atoms with E-state index in [0.29, 0.717) is 6.42 Å². The quantitative estimate of drug-likeness (QED) is 0.835. The smallest absolute Gasteiger partial charge is 0.139 e. The molecule has 0 aromatic heterocycles. The molecule has 1 rings (SSSR count). The second-order valence-electron chi connectivity index (χ2n) is 4.50. The van der Waals surface area contributed by atoms with Gasteiger partial charge in [0, 0.05) is 6.04 Å². The van der Waals surface area contributed by atoms with Gasteiger partial charge in [0.05, 0.1) is 20.9 Å². The zero-order chi connectivity index (χ0) is 14.4. The Morgan fingerprint density at radius 3 is 2.53 bits per heavy atom. The molecule has 0 fully saturated rings.